The number of anilines is 1. The summed E-state index contributed by atoms with van der Waals surface area (Å²) < 4.78 is 1.79. The summed E-state index contributed by atoms with van der Waals surface area (Å²) in [7, 11) is 0. The van der Waals surface area contributed by atoms with Crippen LogP contribution in [0.2, 0.25) is 0 Å². The number of nitrogens with two attached hydrogens (primary N) is 1. The first kappa shape index (κ1) is 13.3. The lowest BCUT2D eigenvalue weighted by Gasteiger charge is -2.24. The molecule has 0 saturated carbocycles. The monoisotopic (exact) mass is 293 g/mol. The predicted molar refractivity (Wildman–Crippen MR) is 87.9 cm³/mol. The van der Waals surface area contributed by atoms with E-state index in [1.54, 1.807) is 4.68 Å². The van der Waals surface area contributed by atoms with Crippen molar-refractivity contribution >= 4 is 16.7 Å². The van der Waals surface area contributed by atoms with E-state index < -0.39 is 0 Å². The molecule has 3 heterocycles. The molecule has 0 aliphatic carbocycles. The van der Waals surface area contributed by atoms with Gasteiger partial charge in [-0.1, -0.05) is 25.1 Å². The van der Waals surface area contributed by atoms with Crippen molar-refractivity contribution in [2.24, 2.45) is 0 Å². The summed E-state index contributed by atoms with van der Waals surface area (Å²) in [4.78, 5) is 7.08. The second-order valence-corrected chi connectivity index (χ2v) is 5.70. The van der Waals surface area contributed by atoms with Gasteiger partial charge in [-0.05, 0) is 24.7 Å². The van der Waals surface area contributed by atoms with E-state index in [2.05, 4.69) is 24.0 Å². The molecule has 3 aromatic rings. The highest BCUT2D eigenvalue weighted by molar-refractivity contribution is 5.79. The molecule has 1 aromatic carbocycles. The first-order valence-corrected chi connectivity index (χ1v) is 7.71. The van der Waals surface area contributed by atoms with Crippen LogP contribution in [0.25, 0.3) is 16.7 Å². The number of likely N-dealkylation sites (N-methyl/N-ethyl adjacent to an activating group) is 1. The maximum absolute atomic E-state index is 6.35. The van der Waals surface area contributed by atoms with E-state index in [4.69, 9.17) is 15.8 Å². The normalized spacial score (nSPS) is 15.1. The fourth-order valence-electron chi connectivity index (χ4n) is 3.07. The third-order valence-electron chi connectivity index (χ3n) is 4.40. The van der Waals surface area contributed by atoms with E-state index in [1.165, 1.54) is 0 Å². The number of rotatable bonds is 2. The number of nitrogen functional groups attached to an aromatic ring is 1. The number of fused-ring (bicyclic) bond motifs is 2. The van der Waals surface area contributed by atoms with Crippen LogP contribution in [-0.2, 0) is 13.0 Å². The van der Waals surface area contributed by atoms with Gasteiger partial charge in [-0.2, -0.15) is 9.78 Å². The van der Waals surface area contributed by atoms with Crippen LogP contribution < -0.4 is 5.73 Å². The molecule has 0 bridgehead atoms. The largest absolute Gasteiger partial charge is 0.383 e. The molecule has 0 amide bonds. The van der Waals surface area contributed by atoms with Crippen LogP contribution in [0.3, 0.4) is 0 Å². The third kappa shape index (κ3) is 2.05. The van der Waals surface area contributed by atoms with Crippen LogP contribution in [0.15, 0.2) is 36.4 Å². The molecule has 22 heavy (non-hydrogen) atoms. The van der Waals surface area contributed by atoms with Crippen molar-refractivity contribution in [2.75, 3.05) is 18.8 Å². The number of hydrogen-bond donors (Lipinski definition) is 1. The minimum atomic E-state index is 0.718. The molecule has 112 valence electrons. The van der Waals surface area contributed by atoms with Crippen molar-refractivity contribution < 1.29 is 0 Å². The van der Waals surface area contributed by atoms with Gasteiger partial charge in [0.15, 0.2) is 5.82 Å². The number of hydrogen-bond acceptors (Lipinski definition) is 4. The SMILES string of the molecule is CCN1CCc2nn(-c3ccc4ccccc4n3)c(N)c2C1. The number of para-hydroxylation sites is 1. The fourth-order valence-corrected chi connectivity index (χ4v) is 3.07. The molecule has 2 aromatic heterocycles. The quantitative estimate of drug-likeness (QED) is 0.788. The van der Waals surface area contributed by atoms with Gasteiger partial charge in [0.25, 0.3) is 0 Å². The topological polar surface area (TPSA) is 60.0 Å². The van der Waals surface area contributed by atoms with Crippen LogP contribution >= 0.6 is 0 Å². The maximum atomic E-state index is 6.35. The van der Waals surface area contributed by atoms with Crippen molar-refractivity contribution in [3.63, 3.8) is 0 Å². The Morgan fingerprint density at radius 1 is 1.18 bits per heavy atom. The molecule has 1 aliphatic heterocycles. The molecule has 0 saturated heterocycles. The van der Waals surface area contributed by atoms with Crippen molar-refractivity contribution in [1.82, 2.24) is 19.7 Å². The Bertz CT molecular complexity index is 836. The standard InChI is InChI=1S/C17H19N5/c1-2-21-10-9-15-13(11-21)17(18)22(20-15)16-8-7-12-5-3-4-6-14(12)19-16/h3-8H,2,9-11,18H2,1H3. The Hall–Kier alpha value is -2.40. The summed E-state index contributed by atoms with van der Waals surface area (Å²) in [5.41, 5.74) is 9.58. The van der Waals surface area contributed by atoms with Crippen LogP contribution in [0.4, 0.5) is 5.82 Å². The zero-order valence-electron chi connectivity index (χ0n) is 12.7. The van der Waals surface area contributed by atoms with Crippen LogP contribution in [-0.4, -0.2) is 32.8 Å². The molecular formula is C17H19N5. The minimum Gasteiger partial charge on any atom is -0.383 e. The Kier molecular flexibility index (Phi) is 3.08. The summed E-state index contributed by atoms with van der Waals surface area (Å²) in [5.74, 6) is 1.50. The third-order valence-corrected chi connectivity index (χ3v) is 4.40. The second-order valence-electron chi connectivity index (χ2n) is 5.70. The Labute approximate surface area is 129 Å². The summed E-state index contributed by atoms with van der Waals surface area (Å²) in [6, 6.07) is 12.1. The smallest absolute Gasteiger partial charge is 0.156 e. The molecule has 5 nitrogen and oxygen atoms in total. The zero-order chi connectivity index (χ0) is 15.1. The first-order chi connectivity index (χ1) is 10.8. The zero-order valence-corrected chi connectivity index (χ0v) is 12.7. The molecule has 0 spiro atoms. The van der Waals surface area contributed by atoms with Crippen LogP contribution in [0.5, 0.6) is 0 Å². The first-order valence-electron chi connectivity index (χ1n) is 7.71. The van der Waals surface area contributed by atoms with E-state index in [0.29, 0.717) is 0 Å². The molecule has 2 N–H and O–H groups in total. The van der Waals surface area contributed by atoms with Crippen molar-refractivity contribution in [3.05, 3.63) is 47.7 Å². The van der Waals surface area contributed by atoms with E-state index >= 15 is 0 Å². The minimum absolute atomic E-state index is 0.718. The highest BCUT2D eigenvalue weighted by Gasteiger charge is 2.23. The Morgan fingerprint density at radius 3 is 2.91 bits per heavy atom. The Morgan fingerprint density at radius 2 is 2.05 bits per heavy atom. The summed E-state index contributed by atoms with van der Waals surface area (Å²) in [6.07, 6.45) is 0.952. The van der Waals surface area contributed by atoms with E-state index in [1.807, 2.05) is 24.3 Å². The number of aromatic nitrogens is 3. The van der Waals surface area contributed by atoms with Crippen LogP contribution in [0, 0.1) is 0 Å². The maximum Gasteiger partial charge on any atom is 0.156 e. The summed E-state index contributed by atoms with van der Waals surface area (Å²) in [6.45, 7) is 5.14. The van der Waals surface area contributed by atoms with Gasteiger partial charge in [-0.25, -0.2) is 4.98 Å². The number of benzene rings is 1. The molecule has 0 radical (unpaired) electrons. The number of nitrogens with zero attached hydrogens (tertiary/aromatic N) is 4. The molecule has 0 unspecified atom stereocenters. The van der Waals surface area contributed by atoms with Gasteiger partial charge in [0, 0.05) is 30.5 Å². The van der Waals surface area contributed by atoms with Gasteiger partial charge in [-0.3, -0.25) is 4.90 Å². The molecule has 4 rings (SSSR count). The molecule has 0 fully saturated rings. The van der Waals surface area contributed by atoms with Crippen molar-refractivity contribution in [1.29, 1.82) is 0 Å². The van der Waals surface area contributed by atoms with Gasteiger partial charge in [-0.15, -0.1) is 0 Å². The summed E-state index contributed by atoms with van der Waals surface area (Å²) >= 11 is 0. The van der Waals surface area contributed by atoms with E-state index in [0.717, 1.165) is 59.9 Å². The lowest BCUT2D eigenvalue weighted by molar-refractivity contribution is 0.267. The van der Waals surface area contributed by atoms with Gasteiger partial charge < -0.3 is 5.73 Å². The molecule has 1 aliphatic rings. The van der Waals surface area contributed by atoms with Crippen molar-refractivity contribution in [2.45, 2.75) is 19.9 Å². The average Bonchev–Trinajstić information content (AvgIpc) is 2.90. The fraction of sp³-hybridized carbons (Fsp3) is 0.294. The average molecular weight is 293 g/mol. The molecule has 5 heteroatoms. The van der Waals surface area contributed by atoms with Gasteiger partial charge in [0.2, 0.25) is 0 Å². The van der Waals surface area contributed by atoms with Crippen molar-refractivity contribution in [3.8, 4) is 5.82 Å². The molecule has 0 atom stereocenters. The highest BCUT2D eigenvalue weighted by atomic mass is 15.4. The van der Waals surface area contributed by atoms with Crippen LogP contribution in [0.1, 0.15) is 18.2 Å². The summed E-state index contributed by atoms with van der Waals surface area (Å²) in [5, 5.41) is 5.82. The van der Waals surface area contributed by atoms with Gasteiger partial charge >= 0.3 is 0 Å². The lowest BCUT2D eigenvalue weighted by atomic mass is 10.1. The second kappa shape index (κ2) is 5.10. The number of pyridine rings is 1. The van der Waals surface area contributed by atoms with Gasteiger partial charge in [0.1, 0.15) is 5.82 Å². The lowest BCUT2D eigenvalue weighted by Crippen LogP contribution is -2.30. The Balaban J connectivity index is 1.80. The van der Waals surface area contributed by atoms with Gasteiger partial charge in [0.05, 0.1) is 11.2 Å². The van der Waals surface area contributed by atoms with E-state index in [-0.39, 0.29) is 0 Å². The van der Waals surface area contributed by atoms with E-state index in [9.17, 15) is 0 Å². The highest BCUT2D eigenvalue weighted by Crippen LogP contribution is 2.26. The molecular weight excluding hydrogens is 274 g/mol. The predicted octanol–water partition coefficient (Wildman–Crippen LogP) is 2.38.